The number of benzene rings is 2. The number of ether oxygens (including phenoxy) is 1. The number of anilines is 1. The molecule has 5 nitrogen and oxygen atoms in total. The summed E-state index contributed by atoms with van der Waals surface area (Å²) < 4.78 is 32.6. The Balaban J connectivity index is 1.58. The van der Waals surface area contributed by atoms with Gasteiger partial charge >= 0.3 is 0 Å². The van der Waals surface area contributed by atoms with Crippen molar-refractivity contribution in [1.82, 2.24) is 9.78 Å². The van der Waals surface area contributed by atoms with E-state index in [1.165, 1.54) is 16.9 Å². The van der Waals surface area contributed by atoms with E-state index in [0.29, 0.717) is 18.8 Å². The van der Waals surface area contributed by atoms with Gasteiger partial charge in [-0.15, -0.1) is 0 Å². The number of hydrogen-bond acceptors (Lipinski definition) is 4. The molecule has 0 unspecified atom stereocenters. The Morgan fingerprint density at radius 2 is 1.89 bits per heavy atom. The van der Waals surface area contributed by atoms with Crippen molar-refractivity contribution in [1.29, 1.82) is 0 Å². The molecule has 1 N–H and O–H groups in total. The van der Waals surface area contributed by atoms with Crippen molar-refractivity contribution in [2.75, 3.05) is 18.5 Å². The van der Waals surface area contributed by atoms with Crippen molar-refractivity contribution < 1.29 is 13.5 Å². The Bertz CT molecular complexity index is 980. The molecule has 0 radical (unpaired) electrons. The Hall–Kier alpha value is -2.93. The van der Waals surface area contributed by atoms with Gasteiger partial charge in [0.2, 0.25) is 0 Å². The smallest absolute Gasteiger partial charge is 0.287 e. The SMILES string of the molecule is O=c1c(Cl)c(NCCOc2ccc(F)c(F)c2)cnn1Cc1ccccc1. The van der Waals surface area contributed by atoms with E-state index >= 15 is 0 Å². The molecule has 0 aliphatic heterocycles. The monoisotopic (exact) mass is 391 g/mol. The molecule has 0 saturated heterocycles. The van der Waals surface area contributed by atoms with Gasteiger partial charge in [0.05, 0.1) is 18.4 Å². The average molecular weight is 392 g/mol. The van der Waals surface area contributed by atoms with Crippen LogP contribution in [0.5, 0.6) is 5.75 Å². The molecule has 0 fully saturated rings. The topological polar surface area (TPSA) is 56.1 Å². The molecule has 3 rings (SSSR count). The summed E-state index contributed by atoms with van der Waals surface area (Å²) in [5.74, 6) is -1.71. The van der Waals surface area contributed by atoms with Crippen molar-refractivity contribution in [2.24, 2.45) is 0 Å². The van der Waals surface area contributed by atoms with Crippen molar-refractivity contribution >= 4 is 17.3 Å². The van der Waals surface area contributed by atoms with E-state index in [0.717, 1.165) is 17.7 Å². The summed E-state index contributed by atoms with van der Waals surface area (Å²) in [4.78, 5) is 12.3. The van der Waals surface area contributed by atoms with Crippen LogP contribution in [-0.2, 0) is 6.54 Å². The van der Waals surface area contributed by atoms with Crippen LogP contribution in [0.15, 0.2) is 59.5 Å². The number of rotatable bonds is 7. The van der Waals surface area contributed by atoms with Crippen molar-refractivity contribution in [3.05, 3.63) is 87.3 Å². The average Bonchev–Trinajstić information content (AvgIpc) is 2.68. The standard InChI is InChI=1S/C19H16ClF2N3O2/c20-18-17(23-8-9-27-14-6-7-15(21)16(22)10-14)11-24-25(19(18)26)12-13-4-2-1-3-5-13/h1-7,10-11,23H,8-9,12H2. The molecule has 0 bridgehead atoms. The Morgan fingerprint density at radius 3 is 2.63 bits per heavy atom. The molecule has 2 aromatic carbocycles. The molecule has 1 heterocycles. The van der Waals surface area contributed by atoms with Crippen molar-refractivity contribution in [3.63, 3.8) is 0 Å². The Morgan fingerprint density at radius 1 is 1.11 bits per heavy atom. The third-order valence-electron chi connectivity index (χ3n) is 3.74. The van der Waals surface area contributed by atoms with Crippen molar-refractivity contribution in [3.8, 4) is 5.75 Å². The zero-order valence-electron chi connectivity index (χ0n) is 14.2. The first-order valence-corrected chi connectivity index (χ1v) is 8.53. The minimum atomic E-state index is -0.977. The van der Waals surface area contributed by atoms with Gasteiger partial charge in [-0.3, -0.25) is 4.79 Å². The lowest BCUT2D eigenvalue weighted by molar-refractivity contribution is 0.329. The lowest BCUT2D eigenvalue weighted by Gasteiger charge is -2.11. The van der Waals surface area contributed by atoms with Gasteiger partial charge in [0.25, 0.3) is 5.56 Å². The van der Waals surface area contributed by atoms with E-state index in [9.17, 15) is 13.6 Å². The van der Waals surface area contributed by atoms with Crippen LogP contribution in [0, 0.1) is 11.6 Å². The highest BCUT2D eigenvalue weighted by molar-refractivity contribution is 6.32. The quantitative estimate of drug-likeness (QED) is 0.624. The molecule has 0 aliphatic rings. The molecule has 27 heavy (non-hydrogen) atoms. The second-order valence-corrected chi connectivity index (χ2v) is 6.05. The Kier molecular flexibility index (Phi) is 6.03. The highest BCUT2D eigenvalue weighted by atomic mass is 35.5. The molecule has 8 heteroatoms. The van der Waals surface area contributed by atoms with Crippen LogP contribution >= 0.6 is 11.6 Å². The second kappa shape index (κ2) is 8.64. The highest BCUT2D eigenvalue weighted by Gasteiger charge is 2.09. The summed E-state index contributed by atoms with van der Waals surface area (Å²) in [6, 6.07) is 12.7. The van der Waals surface area contributed by atoms with Crippen LogP contribution in [0.3, 0.4) is 0 Å². The predicted octanol–water partition coefficient (Wildman–Crippen LogP) is 3.71. The number of halogens is 3. The van der Waals surface area contributed by atoms with Gasteiger partial charge in [-0.25, -0.2) is 13.5 Å². The largest absolute Gasteiger partial charge is 0.492 e. The van der Waals surface area contributed by atoms with E-state index in [-0.39, 0.29) is 17.4 Å². The van der Waals surface area contributed by atoms with Gasteiger partial charge in [-0.05, 0) is 17.7 Å². The summed E-state index contributed by atoms with van der Waals surface area (Å²) >= 11 is 6.13. The lowest BCUT2D eigenvalue weighted by Crippen LogP contribution is -2.25. The van der Waals surface area contributed by atoms with Crippen LogP contribution in [0.4, 0.5) is 14.5 Å². The molecule has 0 spiro atoms. The van der Waals surface area contributed by atoms with Crippen LogP contribution in [0.25, 0.3) is 0 Å². The first-order valence-electron chi connectivity index (χ1n) is 8.16. The summed E-state index contributed by atoms with van der Waals surface area (Å²) in [7, 11) is 0. The van der Waals surface area contributed by atoms with Gasteiger partial charge in [-0.2, -0.15) is 5.10 Å². The van der Waals surface area contributed by atoms with E-state index in [1.807, 2.05) is 30.3 Å². The van der Waals surface area contributed by atoms with Crippen molar-refractivity contribution in [2.45, 2.75) is 6.54 Å². The zero-order valence-corrected chi connectivity index (χ0v) is 14.9. The first kappa shape index (κ1) is 18.8. The normalized spacial score (nSPS) is 10.6. The Labute approximate surface area is 159 Å². The molecule has 0 saturated carbocycles. The lowest BCUT2D eigenvalue weighted by atomic mass is 10.2. The minimum Gasteiger partial charge on any atom is -0.492 e. The third kappa shape index (κ3) is 4.83. The summed E-state index contributed by atoms with van der Waals surface area (Å²) in [5.41, 5.74) is 0.899. The number of hydrogen-bond donors (Lipinski definition) is 1. The van der Waals surface area contributed by atoms with E-state index in [2.05, 4.69) is 10.4 Å². The zero-order chi connectivity index (χ0) is 19.2. The molecule has 0 atom stereocenters. The molecule has 0 amide bonds. The van der Waals surface area contributed by atoms with Crippen LogP contribution in [-0.4, -0.2) is 22.9 Å². The number of aromatic nitrogens is 2. The highest BCUT2D eigenvalue weighted by Crippen LogP contribution is 2.17. The molecule has 0 aliphatic carbocycles. The molecule has 1 aromatic heterocycles. The van der Waals surface area contributed by atoms with E-state index in [1.54, 1.807) is 0 Å². The molecule has 3 aromatic rings. The maximum Gasteiger partial charge on any atom is 0.287 e. The molecule has 140 valence electrons. The molecular weight excluding hydrogens is 376 g/mol. The van der Waals surface area contributed by atoms with Gasteiger partial charge < -0.3 is 10.1 Å². The summed E-state index contributed by atoms with van der Waals surface area (Å²) in [5, 5.41) is 7.08. The number of nitrogens with one attached hydrogen (secondary N) is 1. The van der Waals surface area contributed by atoms with Gasteiger partial charge in [0, 0.05) is 12.6 Å². The van der Waals surface area contributed by atoms with E-state index in [4.69, 9.17) is 16.3 Å². The maximum atomic E-state index is 13.1. The fourth-order valence-electron chi connectivity index (χ4n) is 2.38. The second-order valence-electron chi connectivity index (χ2n) is 5.67. The molecular formula is C19H16ClF2N3O2. The minimum absolute atomic E-state index is 0.0220. The predicted molar refractivity (Wildman–Crippen MR) is 99.4 cm³/mol. The van der Waals surface area contributed by atoms with Crippen LogP contribution in [0.1, 0.15) is 5.56 Å². The fraction of sp³-hybridized carbons (Fsp3) is 0.158. The summed E-state index contributed by atoms with van der Waals surface area (Å²) in [6.07, 6.45) is 1.46. The maximum absolute atomic E-state index is 13.1. The number of nitrogens with zero attached hydrogens (tertiary/aromatic N) is 2. The van der Waals surface area contributed by atoms with Crippen LogP contribution in [0.2, 0.25) is 5.02 Å². The first-order chi connectivity index (χ1) is 13.0. The fourth-order valence-corrected chi connectivity index (χ4v) is 2.59. The summed E-state index contributed by atoms with van der Waals surface area (Å²) in [6.45, 7) is 0.774. The van der Waals surface area contributed by atoms with Gasteiger partial charge in [0.15, 0.2) is 11.6 Å². The van der Waals surface area contributed by atoms with Gasteiger partial charge in [-0.1, -0.05) is 41.9 Å². The van der Waals surface area contributed by atoms with E-state index < -0.39 is 17.2 Å². The van der Waals surface area contributed by atoms with Crippen LogP contribution < -0.4 is 15.6 Å². The van der Waals surface area contributed by atoms with Gasteiger partial charge in [0.1, 0.15) is 17.4 Å². The third-order valence-corrected chi connectivity index (χ3v) is 4.10.